The quantitative estimate of drug-likeness (QED) is 0.322. The molecule has 1 aliphatic rings. The molecule has 0 aliphatic heterocycles. The predicted molar refractivity (Wildman–Crippen MR) is 140 cm³/mol. The first-order valence-corrected chi connectivity index (χ1v) is 13.7. The number of hydrogen-bond donors (Lipinski definition) is 1. The molecule has 4 rings (SSSR count). The number of fused-ring (bicyclic) bond motifs is 1. The summed E-state index contributed by atoms with van der Waals surface area (Å²) >= 11 is 0. The minimum Gasteiger partial charge on any atom is -0.482 e. The molecule has 1 atom stereocenters. The fourth-order valence-corrected chi connectivity index (χ4v) is 5.71. The molecule has 0 bridgehead atoms. The molecule has 0 amide bonds. The van der Waals surface area contributed by atoms with Gasteiger partial charge in [-0.3, -0.25) is 0 Å². The van der Waals surface area contributed by atoms with Crippen molar-refractivity contribution in [1.82, 2.24) is 4.72 Å². The maximum Gasteiger partial charge on any atom is 0.344 e. The Labute approximate surface area is 213 Å². The maximum atomic E-state index is 13.3. The third kappa shape index (κ3) is 6.53. The average Bonchev–Trinajstić information content (AvgIpc) is 3.04. The van der Waals surface area contributed by atoms with Gasteiger partial charge in [-0.25, -0.2) is 17.9 Å². The Balaban J connectivity index is 1.52. The summed E-state index contributed by atoms with van der Waals surface area (Å²) in [6, 6.07) is 22.0. The summed E-state index contributed by atoms with van der Waals surface area (Å²) < 4.78 is 40.7. The van der Waals surface area contributed by atoms with Crippen LogP contribution in [0.1, 0.15) is 57.2 Å². The lowest BCUT2D eigenvalue weighted by Gasteiger charge is -2.22. The van der Waals surface area contributed by atoms with Gasteiger partial charge in [0, 0.05) is 6.04 Å². The summed E-state index contributed by atoms with van der Waals surface area (Å²) in [6.07, 6.45) is 3.22. The molecule has 3 aromatic rings. The number of esters is 1. The third-order valence-electron chi connectivity index (χ3n) is 6.05. The molecule has 0 fully saturated rings. The highest BCUT2D eigenvalue weighted by Crippen LogP contribution is 2.35. The van der Waals surface area contributed by atoms with Crippen molar-refractivity contribution in [3.63, 3.8) is 0 Å². The van der Waals surface area contributed by atoms with Crippen molar-refractivity contribution >= 4 is 16.0 Å². The van der Waals surface area contributed by atoms with E-state index in [1.165, 1.54) is 0 Å². The fourth-order valence-electron chi connectivity index (χ4n) is 4.46. The number of carbonyl (C=O) groups is 1. The van der Waals surface area contributed by atoms with E-state index in [1.54, 1.807) is 12.1 Å². The Morgan fingerprint density at radius 3 is 2.31 bits per heavy atom. The molecule has 0 saturated heterocycles. The van der Waals surface area contributed by atoms with E-state index < -0.39 is 21.6 Å². The van der Waals surface area contributed by atoms with Crippen LogP contribution in [-0.4, -0.2) is 26.6 Å². The molecule has 1 unspecified atom stereocenters. The Morgan fingerprint density at radius 1 is 0.917 bits per heavy atom. The summed E-state index contributed by atoms with van der Waals surface area (Å²) in [5, 5.41) is 0. The van der Waals surface area contributed by atoms with Crippen molar-refractivity contribution < 1.29 is 22.7 Å². The van der Waals surface area contributed by atoms with E-state index in [0.717, 1.165) is 41.5 Å². The molecule has 190 valence electrons. The number of hydrogen-bond acceptors (Lipinski definition) is 5. The smallest absolute Gasteiger partial charge is 0.344 e. The van der Waals surface area contributed by atoms with Gasteiger partial charge >= 0.3 is 5.97 Å². The van der Waals surface area contributed by atoms with Gasteiger partial charge in [-0.15, -0.1) is 0 Å². The summed E-state index contributed by atoms with van der Waals surface area (Å²) in [4.78, 5) is 12.4. The number of carbonyl (C=O) groups excluding carboxylic acids is 1. The van der Waals surface area contributed by atoms with Gasteiger partial charge in [0.15, 0.2) is 6.61 Å². The highest BCUT2D eigenvalue weighted by molar-refractivity contribution is 7.89. The Bertz CT molecular complexity index is 1300. The van der Waals surface area contributed by atoms with Gasteiger partial charge < -0.3 is 9.47 Å². The van der Waals surface area contributed by atoms with Gasteiger partial charge in [-0.1, -0.05) is 61.0 Å². The van der Waals surface area contributed by atoms with E-state index in [1.807, 2.05) is 81.4 Å². The summed E-state index contributed by atoms with van der Waals surface area (Å²) in [7, 11) is -3.74. The van der Waals surface area contributed by atoms with E-state index in [0.29, 0.717) is 12.2 Å². The van der Waals surface area contributed by atoms with Crippen molar-refractivity contribution in [2.45, 2.75) is 63.0 Å². The predicted octanol–water partition coefficient (Wildman–Crippen LogP) is 5.82. The molecule has 0 radical (unpaired) electrons. The zero-order chi connectivity index (χ0) is 25.8. The van der Waals surface area contributed by atoms with Crippen LogP contribution in [0.2, 0.25) is 0 Å². The molecular weight excluding hydrogens is 474 g/mol. The summed E-state index contributed by atoms with van der Waals surface area (Å²) in [6.45, 7) is 5.24. The molecule has 3 aromatic carbocycles. The second kappa shape index (κ2) is 10.8. The van der Waals surface area contributed by atoms with Crippen LogP contribution >= 0.6 is 0 Å². The number of nitrogens with one attached hydrogen (secondary N) is 1. The molecule has 6 nitrogen and oxygen atoms in total. The van der Waals surface area contributed by atoms with Gasteiger partial charge in [0.05, 0.1) is 4.90 Å². The number of ether oxygens (including phenoxy) is 2. The molecule has 0 aromatic heterocycles. The normalized spacial score (nSPS) is 16.0. The van der Waals surface area contributed by atoms with Crippen LogP contribution in [0.15, 0.2) is 77.7 Å². The van der Waals surface area contributed by atoms with Crippen molar-refractivity contribution in [2.24, 2.45) is 0 Å². The van der Waals surface area contributed by atoms with E-state index in [9.17, 15) is 13.2 Å². The van der Waals surface area contributed by atoms with Crippen LogP contribution in [0.25, 0.3) is 11.1 Å². The van der Waals surface area contributed by atoms with E-state index in [4.69, 9.17) is 9.47 Å². The second-order valence-electron chi connectivity index (χ2n) is 10.0. The first-order valence-electron chi connectivity index (χ1n) is 12.3. The lowest BCUT2D eigenvalue weighted by molar-refractivity contribution is -0.157. The fraction of sp³-hybridized carbons (Fsp3) is 0.345. The first-order chi connectivity index (χ1) is 17.1. The molecule has 0 spiro atoms. The Kier molecular flexibility index (Phi) is 7.81. The minimum absolute atomic E-state index is 0.197. The van der Waals surface area contributed by atoms with Crippen molar-refractivity contribution in [1.29, 1.82) is 0 Å². The topological polar surface area (TPSA) is 81.7 Å². The average molecular weight is 508 g/mol. The standard InChI is InChI=1S/C29H33NO5S/c1-29(2,3)35-28(31)20-34-27-15-9-13-24-25(27)12-7-8-14-26(24)30-36(32,33)23-18-16-22(17-19-23)21-10-5-4-6-11-21/h4-6,9-11,13,15-19,26,30H,7-8,12,14,20H2,1-3H3. The lowest BCUT2D eigenvalue weighted by atomic mass is 9.99. The zero-order valence-electron chi connectivity index (χ0n) is 21.0. The second-order valence-corrected chi connectivity index (χ2v) is 11.7. The highest BCUT2D eigenvalue weighted by Gasteiger charge is 2.27. The van der Waals surface area contributed by atoms with Gasteiger partial charge in [-0.05, 0) is 80.5 Å². The van der Waals surface area contributed by atoms with Crippen LogP contribution in [0.4, 0.5) is 0 Å². The molecule has 1 N–H and O–H groups in total. The van der Waals surface area contributed by atoms with Crippen LogP contribution < -0.4 is 9.46 Å². The van der Waals surface area contributed by atoms with E-state index >= 15 is 0 Å². The molecule has 0 heterocycles. The third-order valence-corrected chi connectivity index (χ3v) is 7.54. The summed E-state index contributed by atoms with van der Waals surface area (Å²) in [5.74, 6) is 0.154. The number of benzene rings is 3. The monoisotopic (exact) mass is 507 g/mol. The van der Waals surface area contributed by atoms with Crippen molar-refractivity contribution in [3.8, 4) is 16.9 Å². The van der Waals surface area contributed by atoms with Crippen molar-refractivity contribution in [2.75, 3.05) is 6.61 Å². The van der Waals surface area contributed by atoms with Gasteiger partial charge in [0.2, 0.25) is 10.0 Å². The van der Waals surface area contributed by atoms with Crippen LogP contribution in [-0.2, 0) is 26.0 Å². The van der Waals surface area contributed by atoms with Crippen LogP contribution in [0, 0.1) is 0 Å². The van der Waals surface area contributed by atoms with Gasteiger partial charge in [0.1, 0.15) is 11.4 Å². The van der Waals surface area contributed by atoms with Crippen molar-refractivity contribution in [3.05, 3.63) is 83.9 Å². The van der Waals surface area contributed by atoms with E-state index in [2.05, 4.69) is 4.72 Å². The SMILES string of the molecule is CC(C)(C)OC(=O)COc1cccc2c1CCCCC2NS(=O)(=O)c1ccc(-c2ccccc2)cc1. The van der Waals surface area contributed by atoms with E-state index in [-0.39, 0.29) is 17.5 Å². The number of sulfonamides is 1. The largest absolute Gasteiger partial charge is 0.482 e. The Hall–Kier alpha value is -3.16. The molecular formula is C29H33NO5S. The molecule has 7 heteroatoms. The maximum absolute atomic E-state index is 13.3. The van der Waals surface area contributed by atoms with Crippen LogP contribution in [0.3, 0.4) is 0 Å². The van der Waals surface area contributed by atoms with Crippen LogP contribution in [0.5, 0.6) is 5.75 Å². The van der Waals surface area contributed by atoms with Gasteiger partial charge in [0.25, 0.3) is 0 Å². The van der Waals surface area contributed by atoms with Gasteiger partial charge in [-0.2, -0.15) is 0 Å². The Morgan fingerprint density at radius 2 is 1.61 bits per heavy atom. The number of rotatable bonds is 7. The first kappa shape index (κ1) is 25.9. The highest BCUT2D eigenvalue weighted by atomic mass is 32.2. The summed E-state index contributed by atoms with van der Waals surface area (Å²) in [5.41, 5.74) is 3.23. The zero-order valence-corrected chi connectivity index (χ0v) is 21.8. The molecule has 0 saturated carbocycles. The lowest BCUT2D eigenvalue weighted by Crippen LogP contribution is -2.29. The molecule has 36 heavy (non-hydrogen) atoms. The minimum atomic E-state index is -3.74. The molecule has 1 aliphatic carbocycles.